The number of carbonyl (C=O) groups excluding carboxylic acids is 1. The van der Waals surface area contributed by atoms with E-state index in [1.165, 1.54) is 6.33 Å². The summed E-state index contributed by atoms with van der Waals surface area (Å²) in [5, 5.41) is 11.5. The minimum absolute atomic E-state index is 0.0185. The fourth-order valence-electron chi connectivity index (χ4n) is 1.16. The van der Waals surface area contributed by atoms with Gasteiger partial charge >= 0.3 is 5.97 Å². The van der Waals surface area contributed by atoms with Crippen LogP contribution in [0.25, 0.3) is 0 Å². The fourth-order valence-corrected chi connectivity index (χ4v) is 1.16. The van der Waals surface area contributed by atoms with Gasteiger partial charge in [0.15, 0.2) is 11.4 Å². The standard InChI is InChI=1S/C11H17N3O3/c1-4-11(2,3)5-12-9(15)7-8(10(16)17)14-6-13-7/h6H,4-5H2,1-3H3,(H,12,15)(H,13,14)(H,16,17). The molecule has 1 amide bonds. The highest BCUT2D eigenvalue weighted by Gasteiger charge is 2.22. The molecule has 0 aromatic carbocycles. The van der Waals surface area contributed by atoms with Crippen LogP contribution < -0.4 is 5.32 Å². The van der Waals surface area contributed by atoms with Crippen molar-refractivity contribution >= 4 is 11.9 Å². The zero-order valence-corrected chi connectivity index (χ0v) is 10.2. The lowest BCUT2D eigenvalue weighted by molar-refractivity contribution is 0.0684. The van der Waals surface area contributed by atoms with Crippen molar-refractivity contribution in [3.8, 4) is 0 Å². The van der Waals surface area contributed by atoms with Crippen molar-refractivity contribution in [2.24, 2.45) is 5.41 Å². The second kappa shape index (κ2) is 4.99. The Kier molecular flexibility index (Phi) is 3.88. The second-order valence-corrected chi connectivity index (χ2v) is 4.63. The molecule has 0 bridgehead atoms. The Morgan fingerprint density at radius 3 is 2.71 bits per heavy atom. The average Bonchev–Trinajstić information content (AvgIpc) is 2.75. The van der Waals surface area contributed by atoms with E-state index in [-0.39, 0.29) is 16.8 Å². The molecule has 0 aliphatic heterocycles. The number of aromatic amines is 1. The first-order valence-corrected chi connectivity index (χ1v) is 5.42. The fraction of sp³-hybridized carbons (Fsp3) is 0.545. The molecule has 0 atom stereocenters. The Labute approximate surface area is 99.4 Å². The number of carboxylic acid groups (broad SMARTS) is 1. The normalized spacial score (nSPS) is 11.2. The number of carbonyl (C=O) groups is 2. The lowest BCUT2D eigenvalue weighted by Gasteiger charge is -2.22. The minimum Gasteiger partial charge on any atom is -0.477 e. The number of nitrogens with one attached hydrogen (secondary N) is 2. The van der Waals surface area contributed by atoms with Crippen molar-refractivity contribution in [1.82, 2.24) is 15.3 Å². The summed E-state index contributed by atoms with van der Waals surface area (Å²) in [4.78, 5) is 28.7. The number of H-pyrrole nitrogens is 1. The molecule has 94 valence electrons. The molecule has 0 aliphatic rings. The van der Waals surface area contributed by atoms with Gasteiger partial charge < -0.3 is 15.4 Å². The molecule has 0 saturated heterocycles. The highest BCUT2D eigenvalue weighted by Crippen LogP contribution is 2.17. The predicted molar refractivity (Wildman–Crippen MR) is 62.0 cm³/mol. The van der Waals surface area contributed by atoms with Crippen LogP contribution in [0.3, 0.4) is 0 Å². The van der Waals surface area contributed by atoms with Crippen LogP contribution >= 0.6 is 0 Å². The van der Waals surface area contributed by atoms with E-state index in [1.807, 2.05) is 20.8 Å². The van der Waals surface area contributed by atoms with E-state index in [0.717, 1.165) is 6.42 Å². The Morgan fingerprint density at radius 2 is 2.18 bits per heavy atom. The lowest BCUT2D eigenvalue weighted by atomic mass is 9.90. The monoisotopic (exact) mass is 239 g/mol. The summed E-state index contributed by atoms with van der Waals surface area (Å²) in [5.74, 6) is -1.66. The predicted octanol–water partition coefficient (Wildman–Crippen LogP) is 1.27. The van der Waals surface area contributed by atoms with Crippen molar-refractivity contribution in [3.63, 3.8) is 0 Å². The first kappa shape index (κ1) is 13.2. The van der Waals surface area contributed by atoms with Gasteiger partial charge in [0.2, 0.25) is 0 Å². The van der Waals surface area contributed by atoms with Crippen LogP contribution in [-0.4, -0.2) is 33.5 Å². The summed E-state index contributed by atoms with van der Waals surface area (Å²) in [6.45, 7) is 6.56. The Hall–Kier alpha value is -1.85. The van der Waals surface area contributed by atoms with Crippen molar-refractivity contribution < 1.29 is 14.7 Å². The lowest BCUT2D eigenvalue weighted by Crippen LogP contribution is -2.34. The molecule has 17 heavy (non-hydrogen) atoms. The summed E-state index contributed by atoms with van der Waals surface area (Å²) >= 11 is 0. The Bertz CT molecular complexity index is 423. The third-order valence-electron chi connectivity index (χ3n) is 2.75. The van der Waals surface area contributed by atoms with Gasteiger partial charge in [-0.2, -0.15) is 0 Å². The largest absolute Gasteiger partial charge is 0.477 e. The van der Waals surface area contributed by atoms with Crippen LogP contribution in [-0.2, 0) is 0 Å². The molecule has 1 heterocycles. The van der Waals surface area contributed by atoms with Gasteiger partial charge in [0, 0.05) is 6.54 Å². The number of hydrogen-bond donors (Lipinski definition) is 3. The molecular formula is C11H17N3O3. The van der Waals surface area contributed by atoms with Gasteiger partial charge in [-0.3, -0.25) is 4.79 Å². The molecule has 0 spiro atoms. The van der Waals surface area contributed by atoms with Crippen LogP contribution in [0, 0.1) is 5.41 Å². The number of rotatable bonds is 5. The van der Waals surface area contributed by atoms with Crippen LogP contribution in [0.2, 0.25) is 0 Å². The molecular weight excluding hydrogens is 222 g/mol. The summed E-state index contributed by atoms with van der Waals surface area (Å²) in [6, 6.07) is 0. The molecule has 0 radical (unpaired) electrons. The van der Waals surface area contributed by atoms with E-state index in [4.69, 9.17) is 5.11 Å². The minimum atomic E-state index is -1.19. The highest BCUT2D eigenvalue weighted by molar-refractivity contribution is 6.02. The quantitative estimate of drug-likeness (QED) is 0.721. The topological polar surface area (TPSA) is 95.1 Å². The van der Waals surface area contributed by atoms with Gasteiger partial charge in [-0.1, -0.05) is 20.8 Å². The van der Waals surface area contributed by atoms with Crippen molar-refractivity contribution in [3.05, 3.63) is 17.7 Å². The number of nitrogens with zero attached hydrogens (tertiary/aromatic N) is 1. The van der Waals surface area contributed by atoms with E-state index in [2.05, 4.69) is 15.3 Å². The Morgan fingerprint density at radius 1 is 1.53 bits per heavy atom. The van der Waals surface area contributed by atoms with Crippen LogP contribution in [0.5, 0.6) is 0 Å². The molecule has 0 unspecified atom stereocenters. The van der Waals surface area contributed by atoms with Crippen molar-refractivity contribution in [1.29, 1.82) is 0 Å². The molecule has 6 heteroatoms. The molecule has 0 aliphatic carbocycles. The van der Waals surface area contributed by atoms with Crippen LogP contribution in [0.1, 0.15) is 48.2 Å². The number of carboxylic acids is 1. The zero-order chi connectivity index (χ0) is 13.1. The summed E-state index contributed by atoms with van der Waals surface area (Å²) in [7, 11) is 0. The average molecular weight is 239 g/mol. The number of imidazole rings is 1. The van der Waals surface area contributed by atoms with E-state index >= 15 is 0 Å². The van der Waals surface area contributed by atoms with E-state index < -0.39 is 11.9 Å². The summed E-state index contributed by atoms with van der Waals surface area (Å²) in [6.07, 6.45) is 2.11. The number of amides is 1. The number of aromatic carboxylic acids is 1. The van der Waals surface area contributed by atoms with Crippen molar-refractivity contribution in [2.75, 3.05) is 6.54 Å². The molecule has 1 rings (SSSR count). The molecule has 0 saturated carbocycles. The van der Waals surface area contributed by atoms with E-state index in [0.29, 0.717) is 6.54 Å². The van der Waals surface area contributed by atoms with Gasteiger partial charge in [0.05, 0.1) is 6.33 Å². The summed E-state index contributed by atoms with van der Waals surface area (Å²) in [5.41, 5.74) is -0.281. The molecule has 1 aromatic rings. The SMILES string of the molecule is CCC(C)(C)CNC(=O)c1nc[nH]c1C(=O)O. The third kappa shape index (κ3) is 3.30. The number of aromatic nitrogens is 2. The maximum atomic E-state index is 11.7. The van der Waals surface area contributed by atoms with Crippen LogP contribution in [0.15, 0.2) is 6.33 Å². The van der Waals surface area contributed by atoms with Gasteiger partial charge in [0.1, 0.15) is 0 Å². The first-order valence-electron chi connectivity index (χ1n) is 5.42. The third-order valence-corrected chi connectivity index (χ3v) is 2.75. The first-order chi connectivity index (χ1) is 7.87. The highest BCUT2D eigenvalue weighted by atomic mass is 16.4. The van der Waals surface area contributed by atoms with Gasteiger partial charge in [0.25, 0.3) is 5.91 Å². The molecule has 3 N–H and O–H groups in total. The van der Waals surface area contributed by atoms with E-state index in [9.17, 15) is 9.59 Å². The van der Waals surface area contributed by atoms with Crippen LogP contribution in [0.4, 0.5) is 0 Å². The molecule has 0 fully saturated rings. The maximum Gasteiger partial charge on any atom is 0.354 e. The van der Waals surface area contributed by atoms with Crippen molar-refractivity contribution in [2.45, 2.75) is 27.2 Å². The van der Waals surface area contributed by atoms with Gasteiger partial charge in [-0.15, -0.1) is 0 Å². The zero-order valence-electron chi connectivity index (χ0n) is 10.2. The Balaban J connectivity index is 2.71. The number of hydrogen-bond acceptors (Lipinski definition) is 3. The maximum absolute atomic E-state index is 11.7. The smallest absolute Gasteiger partial charge is 0.354 e. The molecule has 1 aromatic heterocycles. The molecule has 6 nitrogen and oxygen atoms in total. The van der Waals surface area contributed by atoms with Gasteiger partial charge in [-0.25, -0.2) is 9.78 Å². The van der Waals surface area contributed by atoms with Gasteiger partial charge in [-0.05, 0) is 11.8 Å². The second-order valence-electron chi connectivity index (χ2n) is 4.63. The van der Waals surface area contributed by atoms with E-state index in [1.54, 1.807) is 0 Å². The summed E-state index contributed by atoms with van der Waals surface area (Å²) < 4.78 is 0.